The summed E-state index contributed by atoms with van der Waals surface area (Å²) in [5.41, 5.74) is 0.465. The fraction of sp³-hybridized carbons (Fsp3) is 0.375. The lowest BCUT2D eigenvalue weighted by Gasteiger charge is -2.35. The molecule has 3 rings (SSSR count). The van der Waals surface area contributed by atoms with Crippen LogP contribution < -0.4 is 10.1 Å². The first-order chi connectivity index (χ1) is 11.8. The van der Waals surface area contributed by atoms with Gasteiger partial charge in [-0.05, 0) is 30.3 Å². The highest BCUT2D eigenvalue weighted by Crippen LogP contribution is 2.41. The minimum Gasteiger partial charge on any atom is -0.405 e. The summed E-state index contributed by atoms with van der Waals surface area (Å²) >= 11 is 10.8. The lowest BCUT2D eigenvalue weighted by Crippen LogP contribution is -2.45. The monoisotopic (exact) mass is 490 g/mol. The number of benzene rings is 1. The van der Waals surface area contributed by atoms with Crippen molar-refractivity contribution >= 4 is 51.3 Å². The molecule has 1 aliphatic rings. The average molecular weight is 492 g/mol. The van der Waals surface area contributed by atoms with Gasteiger partial charge in [-0.15, -0.1) is 36.9 Å². The Balaban J connectivity index is 0.00000243. The number of halogens is 6. The van der Waals surface area contributed by atoms with Crippen molar-refractivity contribution < 1.29 is 17.9 Å². The average Bonchev–Trinajstić information content (AvgIpc) is 2.96. The predicted octanol–water partition coefficient (Wildman–Crippen LogP) is 5.48. The smallest absolute Gasteiger partial charge is 0.405 e. The maximum absolute atomic E-state index is 12.9. The Hall–Kier alpha value is -0.510. The molecule has 1 N–H and O–H groups in total. The summed E-state index contributed by atoms with van der Waals surface area (Å²) in [7, 11) is 0. The van der Waals surface area contributed by atoms with E-state index in [0.29, 0.717) is 14.4 Å². The Morgan fingerprint density at radius 2 is 1.88 bits per heavy atom. The number of thiophene rings is 1. The van der Waals surface area contributed by atoms with Gasteiger partial charge in [-0.3, -0.25) is 4.90 Å². The van der Waals surface area contributed by atoms with E-state index in [-0.39, 0.29) is 24.2 Å². The van der Waals surface area contributed by atoms with Crippen LogP contribution in [0.25, 0.3) is 0 Å². The summed E-state index contributed by atoms with van der Waals surface area (Å²) in [6.07, 6.45) is -4.75. The van der Waals surface area contributed by atoms with Crippen LogP contribution in [-0.2, 0) is 0 Å². The first kappa shape index (κ1) is 21.8. The van der Waals surface area contributed by atoms with Crippen molar-refractivity contribution in [1.82, 2.24) is 10.2 Å². The molecular weight excluding hydrogens is 476 g/mol. The predicted molar refractivity (Wildman–Crippen MR) is 104 cm³/mol. The standard InChI is InChI=1S/C16H15BrClF3N2OS.ClH/c17-10-1-2-12(24-16(19,20)21)11(9-10)15(13-3-4-14(18)25-13)23-7-5-22-6-8-23;/h1-4,9,15,22H,5-8H2;1H/t15-;/m1./s1. The second kappa shape index (κ2) is 9.12. The highest BCUT2D eigenvalue weighted by atomic mass is 79.9. The molecule has 3 nitrogen and oxygen atoms in total. The van der Waals surface area contributed by atoms with E-state index in [9.17, 15) is 13.2 Å². The van der Waals surface area contributed by atoms with Gasteiger partial charge in [0, 0.05) is 41.1 Å². The molecule has 1 aromatic carbocycles. The molecule has 1 atom stereocenters. The van der Waals surface area contributed by atoms with E-state index in [2.05, 4.69) is 30.9 Å². The van der Waals surface area contributed by atoms with Crippen molar-refractivity contribution in [2.45, 2.75) is 12.4 Å². The van der Waals surface area contributed by atoms with Gasteiger partial charge in [-0.25, -0.2) is 0 Å². The Morgan fingerprint density at radius 3 is 2.46 bits per heavy atom. The van der Waals surface area contributed by atoms with E-state index >= 15 is 0 Å². The van der Waals surface area contributed by atoms with E-state index in [1.54, 1.807) is 18.2 Å². The topological polar surface area (TPSA) is 24.5 Å². The molecule has 26 heavy (non-hydrogen) atoms. The minimum absolute atomic E-state index is 0. The first-order valence-corrected chi connectivity index (χ1v) is 9.57. The molecule has 144 valence electrons. The molecule has 1 aromatic heterocycles. The lowest BCUT2D eigenvalue weighted by atomic mass is 10.0. The molecule has 0 unspecified atom stereocenters. The Bertz CT molecular complexity index is 739. The quantitative estimate of drug-likeness (QED) is 0.612. The van der Waals surface area contributed by atoms with Crippen LogP contribution in [0.2, 0.25) is 4.34 Å². The molecule has 0 amide bonds. The van der Waals surface area contributed by atoms with Crippen molar-refractivity contribution in [2.75, 3.05) is 26.2 Å². The van der Waals surface area contributed by atoms with Gasteiger partial charge in [0.05, 0.1) is 10.4 Å². The number of ether oxygens (including phenoxy) is 1. The minimum atomic E-state index is -4.75. The van der Waals surface area contributed by atoms with Crippen LogP contribution in [0, 0.1) is 0 Å². The summed E-state index contributed by atoms with van der Waals surface area (Å²) in [6.45, 7) is 2.99. The number of alkyl halides is 3. The number of rotatable bonds is 4. The fourth-order valence-electron chi connectivity index (χ4n) is 2.90. The summed E-state index contributed by atoms with van der Waals surface area (Å²) in [4.78, 5) is 3.03. The lowest BCUT2D eigenvalue weighted by molar-refractivity contribution is -0.275. The van der Waals surface area contributed by atoms with E-state index in [1.165, 1.54) is 17.4 Å². The molecule has 0 bridgehead atoms. The summed E-state index contributed by atoms with van der Waals surface area (Å²) in [5, 5.41) is 3.26. The SMILES string of the molecule is Cl.FC(F)(F)Oc1ccc(Br)cc1[C@H](c1ccc(Cl)s1)N1CCNCC1. The summed E-state index contributed by atoms with van der Waals surface area (Å²) < 4.78 is 44.2. The molecule has 2 heterocycles. The highest BCUT2D eigenvalue weighted by Gasteiger charge is 2.35. The van der Waals surface area contributed by atoms with Crippen LogP contribution in [0.5, 0.6) is 5.75 Å². The zero-order valence-corrected chi connectivity index (χ0v) is 17.3. The van der Waals surface area contributed by atoms with Gasteiger partial charge in [0.25, 0.3) is 0 Å². The number of nitrogens with zero attached hydrogens (tertiary/aromatic N) is 1. The van der Waals surface area contributed by atoms with Crippen LogP contribution >= 0.6 is 51.3 Å². The van der Waals surface area contributed by atoms with Gasteiger partial charge in [0.2, 0.25) is 0 Å². The number of piperazine rings is 1. The maximum atomic E-state index is 12.9. The van der Waals surface area contributed by atoms with Gasteiger partial charge >= 0.3 is 6.36 Å². The Morgan fingerprint density at radius 1 is 1.19 bits per heavy atom. The second-order valence-corrected chi connectivity index (χ2v) is 8.22. The van der Waals surface area contributed by atoms with Gasteiger partial charge in [-0.1, -0.05) is 27.5 Å². The zero-order valence-electron chi connectivity index (χ0n) is 13.4. The number of hydrogen-bond acceptors (Lipinski definition) is 4. The largest absolute Gasteiger partial charge is 0.573 e. The molecule has 1 fully saturated rings. The van der Waals surface area contributed by atoms with Crippen LogP contribution in [0.4, 0.5) is 13.2 Å². The third-order valence-electron chi connectivity index (χ3n) is 3.87. The number of hydrogen-bond donors (Lipinski definition) is 1. The van der Waals surface area contributed by atoms with Gasteiger partial charge in [0.1, 0.15) is 5.75 Å². The van der Waals surface area contributed by atoms with Gasteiger partial charge in [-0.2, -0.15) is 0 Å². The Kier molecular flexibility index (Phi) is 7.64. The van der Waals surface area contributed by atoms with Gasteiger partial charge < -0.3 is 10.1 Å². The van der Waals surface area contributed by atoms with Crippen molar-refractivity contribution in [2.24, 2.45) is 0 Å². The zero-order chi connectivity index (χ0) is 18.0. The van der Waals surface area contributed by atoms with Crippen LogP contribution in [0.3, 0.4) is 0 Å². The molecule has 0 aliphatic carbocycles. The van der Waals surface area contributed by atoms with E-state index < -0.39 is 6.36 Å². The third kappa shape index (κ3) is 5.50. The van der Waals surface area contributed by atoms with Crippen molar-refractivity contribution in [3.63, 3.8) is 0 Å². The molecular formula is C16H16BrCl2F3N2OS. The highest BCUT2D eigenvalue weighted by molar-refractivity contribution is 9.10. The van der Waals surface area contributed by atoms with Crippen LogP contribution in [0.15, 0.2) is 34.8 Å². The molecule has 2 aromatic rings. The summed E-state index contributed by atoms with van der Waals surface area (Å²) in [5.74, 6) is -0.191. The summed E-state index contributed by atoms with van der Waals surface area (Å²) in [6, 6.07) is 7.84. The van der Waals surface area contributed by atoms with E-state index in [1.807, 2.05) is 6.07 Å². The molecule has 0 spiro atoms. The molecule has 1 aliphatic heterocycles. The van der Waals surface area contributed by atoms with Crippen molar-refractivity contribution in [3.8, 4) is 5.75 Å². The molecule has 0 radical (unpaired) electrons. The van der Waals surface area contributed by atoms with Crippen LogP contribution in [-0.4, -0.2) is 37.4 Å². The Labute approximate surface area is 173 Å². The maximum Gasteiger partial charge on any atom is 0.573 e. The van der Waals surface area contributed by atoms with Crippen molar-refractivity contribution in [3.05, 3.63) is 49.6 Å². The molecule has 1 saturated heterocycles. The second-order valence-electron chi connectivity index (χ2n) is 5.56. The van der Waals surface area contributed by atoms with Crippen LogP contribution in [0.1, 0.15) is 16.5 Å². The third-order valence-corrected chi connectivity index (χ3v) is 5.65. The molecule has 10 heteroatoms. The fourth-order valence-corrected chi connectivity index (χ4v) is 4.49. The van der Waals surface area contributed by atoms with E-state index in [4.69, 9.17) is 11.6 Å². The normalized spacial score (nSPS) is 16.8. The molecule has 0 saturated carbocycles. The van der Waals surface area contributed by atoms with E-state index in [0.717, 1.165) is 31.1 Å². The van der Waals surface area contributed by atoms with Gasteiger partial charge in [0.15, 0.2) is 0 Å². The number of nitrogens with one attached hydrogen (secondary N) is 1. The van der Waals surface area contributed by atoms with Crippen molar-refractivity contribution in [1.29, 1.82) is 0 Å². The first-order valence-electron chi connectivity index (χ1n) is 7.59.